The standard InChI is InChI=1S/C10H10N2O2/c11-10(13)8-3-1-7(2-4-8)9-5-6-14-12-9/h1-5,12H,6H2,(H2,11,13). The van der Waals surface area contributed by atoms with Crippen LogP contribution in [-0.2, 0) is 4.84 Å². The third kappa shape index (κ3) is 1.60. The number of nitrogens with one attached hydrogen (secondary N) is 1. The Kier molecular flexibility index (Phi) is 2.20. The van der Waals surface area contributed by atoms with E-state index in [0.29, 0.717) is 12.2 Å². The van der Waals surface area contributed by atoms with Gasteiger partial charge in [-0.25, -0.2) is 0 Å². The average Bonchev–Trinajstić information content (AvgIpc) is 2.71. The van der Waals surface area contributed by atoms with Crippen LogP contribution in [0.3, 0.4) is 0 Å². The molecule has 3 N–H and O–H groups in total. The van der Waals surface area contributed by atoms with Gasteiger partial charge in [0.15, 0.2) is 0 Å². The predicted octanol–water partition coefficient (Wildman–Crippen LogP) is 0.661. The monoisotopic (exact) mass is 190 g/mol. The first-order chi connectivity index (χ1) is 6.77. The Morgan fingerprint density at radius 3 is 2.57 bits per heavy atom. The maximum atomic E-state index is 10.8. The Hall–Kier alpha value is -1.81. The minimum absolute atomic E-state index is 0.416. The Bertz CT molecular complexity index is 382. The number of carbonyl (C=O) groups excluding carboxylic acids is 1. The maximum absolute atomic E-state index is 10.8. The second-order valence-corrected chi connectivity index (χ2v) is 2.97. The summed E-state index contributed by atoms with van der Waals surface area (Å²) in [5.41, 5.74) is 10.3. The fraction of sp³-hybridized carbons (Fsp3) is 0.100. The Balaban J connectivity index is 2.25. The second kappa shape index (κ2) is 3.51. The summed E-state index contributed by atoms with van der Waals surface area (Å²) in [6.45, 7) is 0.562. The highest BCUT2D eigenvalue weighted by molar-refractivity contribution is 5.93. The van der Waals surface area contributed by atoms with Crippen molar-refractivity contribution in [3.63, 3.8) is 0 Å². The van der Waals surface area contributed by atoms with E-state index in [1.807, 2.05) is 18.2 Å². The first-order valence-corrected chi connectivity index (χ1v) is 4.25. The van der Waals surface area contributed by atoms with Gasteiger partial charge in [0.1, 0.15) is 0 Å². The van der Waals surface area contributed by atoms with E-state index in [1.165, 1.54) is 0 Å². The molecule has 0 unspecified atom stereocenters. The van der Waals surface area contributed by atoms with Gasteiger partial charge in [-0.3, -0.25) is 15.1 Å². The summed E-state index contributed by atoms with van der Waals surface area (Å²) in [7, 11) is 0. The summed E-state index contributed by atoms with van der Waals surface area (Å²) < 4.78 is 0. The molecule has 0 atom stereocenters. The molecule has 0 saturated carbocycles. The van der Waals surface area contributed by atoms with Crippen molar-refractivity contribution in [1.82, 2.24) is 5.48 Å². The second-order valence-electron chi connectivity index (χ2n) is 2.97. The molecule has 2 rings (SSSR count). The van der Waals surface area contributed by atoms with Crippen LogP contribution in [0.25, 0.3) is 5.70 Å². The molecule has 1 aromatic carbocycles. The van der Waals surface area contributed by atoms with E-state index in [9.17, 15) is 4.79 Å². The molecule has 1 amide bonds. The van der Waals surface area contributed by atoms with Crippen LogP contribution in [0.4, 0.5) is 0 Å². The van der Waals surface area contributed by atoms with Crippen molar-refractivity contribution in [3.8, 4) is 0 Å². The van der Waals surface area contributed by atoms with Crippen LogP contribution in [0.1, 0.15) is 15.9 Å². The molecule has 1 heterocycles. The number of rotatable bonds is 2. The van der Waals surface area contributed by atoms with Gasteiger partial charge in [-0.15, -0.1) is 0 Å². The summed E-state index contributed by atoms with van der Waals surface area (Å²) in [6.07, 6.45) is 1.93. The van der Waals surface area contributed by atoms with Crippen molar-refractivity contribution in [1.29, 1.82) is 0 Å². The lowest BCUT2D eigenvalue weighted by molar-refractivity contribution is 0.100. The molecule has 0 spiro atoms. The number of carbonyl (C=O) groups is 1. The van der Waals surface area contributed by atoms with Gasteiger partial charge in [0.05, 0.1) is 12.3 Å². The summed E-state index contributed by atoms with van der Waals surface area (Å²) >= 11 is 0. The smallest absolute Gasteiger partial charge is 0.248 e. The minimum Gasteiger partial charge on any atom is -0.366 e. The van der Waals surface area contributed by atoms with Crippen LogP contribution in [-0.4, -0.2) is 12.5 Å². The van der Waals surface area contributed by atoms with Crippen molar-refractivity contribution in [2.45, 2.75) is 0 Å². The van der Waals surface area contributed by atoms with Gasteiger partial charge < -0.3 is 5.73 Å². The van der Waals surface area contributed by atoms with E-state index in [0.717, 1.165) is 11.3 Å². The van der Waals surface area contributed by atoms with E-state index in [4.69, 9.17) is 10.6 Å². The van der Waals surface area contributed by atoms with Crippen molar-refractivity contribution in [3.05, 3.63) is 41.5 Å². The van der Waals surface area contributed by atoms with Crippen molar-refractivity contribution in [2.75, 3.05) is 6.61 Å². The quantitative estimate of drug-likeness (QED) is 0.720. The SMILES string of the molecule is NC(=O)c1ccc(C2=CCON2)cc1. The average molecular weight is 190 g/mol. The molecule has 4 heteroatoms. The van der Waals surface area contributed by atoms with E-state index >= 15 is 0 Å². The number of amides is 1. The van der Waals surface area contributed by atoms with Crippen LogP contribution in [0.15, 0.2) is 30.3 Å². The molecule has 1 aliphatic heterocycles. The van der Waals surface area contributed by atoms with Crippen molar-refractivity contribution in [2.24, 2.45) is 5.73 Å². The summed E-state index contributed by atoms with van der Waals surface area (Å²) in [4.78, 5) is 15.8. The first-order valence-electron chi connectivity index (χ1n) is 4.25. The summed E-state index contributed by atoms with van der Waals surface area (Å²) in [5, 5.41) is 0. The van der Waals surface area contributed by atoms with Gasteiger partial charge in [0, 0.05) is 5.56 Å². The molecule has 0 radical (unpaired) electrons. The summed E-state index contributed by atoms with van der Waals surface area (Å²) in [6, 6.07) is 7.04. The number of hydrogen-bond donors (Lipinski definition) is 2. The van der Waals surface area contributed by atoms with E-state index < -0.39 is 5.91 Å². The maximum Gasteiger partial charge on any atom is 0.248 e. The fourth-order valence-electron chi connectivity index (χ4n) is 1.28. The van der Waals surface area contributed by atoms with Crippen LogP contribution in [0, 0.1) is 0 Å². The molecular formula is C10H10N2O2. The van der Waals surface area contributed by atoms with Crippen LogP contribution < -0.4 is 11.2 Å². The molecule has 0 fully saturated rings. The zero-order valence-electron chi connectivity index (χ0n) is 7.49. The normalized spacial score (nSPS) is 14.7. The van der Waals surface area contributed by atoms with Gasteiger partial charge >= 0.3 is 0 Å². The lowest BCUT2D eigenvalue weighted by Crippen LogP contribution is -2.11. The topological polar surface area (TPSA) is 64.4 Å². The lowest BCUT2D eigenvalue weighted by atomic mass is 10.1. The van der Waals surface area contributed by atoms with Crippen LogP contribution in [0.5, 0.6) is 0 Å². The number of nitrogens with two attached hydrogens (primary N) is 1. The number of primary amides is 1. The highest BCUT2D eigenvalue weighted by atomic mass is 16.6. The van der Waals surface area contributed by atoms with E-state index in [1.54, 1.807) is 12.1 Å². The minimum atomic E-state index is -0.416. The highest BCUT2D eigenvalue weighted by Crippen LogP contribution is 2.15. The molecule has 1 aromatic rings. The van der Waals surface area contributed by atoms with Crippen LogP contribution >= 0.6 is 0 Å². The molecular weight excluding hydrogens is 180 g/mol. The molecule has 1 aliphatic rings. The summed E-state index contributed by atoms with van der Waals surface area (Å²) in [5.74, 6) is -0.416. The molecule has 72 valence electrons. The van der Waals surface area contributed by atoms with Crippen molar-refractivity contribution < 1.29 is 9.63 Å². The first kappa shape index (κ1) is 8.77. The largest absolute Gasteiger partial charge is 0.366 e. The number of hydroxylamine groups is 1. The Labute approximate surface area is 81.3 Å². The van der Waals surface area contributed by atoms with E-state index in [2.05, 4.69) is 5.48 Å². The predicted molar refractivity (Wildman–Crippen MR) is 52.0 cm³/mol. The van der Waals surface area contributed by atoms with Gasteiger partial charge in [0.25, 0.3) is 0 Å². The molecule has 0 bridgehead atoms. The van der Waals surface area contributed by atoms with E-state index in [-0.39, 0.29) is 0 Å². The molecule has 14 heavy (non-hydrogen) atoms. The zero-order chi connectivity index (χ0) is 9.97. The van der Waals surface area contributed by atoms with Gasteiger partial charge in [-0.2, -0.15) is 0 Å². The van der Waals surface area contributed by atoms with Crippen LogP contribution in [0.2, 0.25) is 0 Å². The van der Waals surface area contributed by atoms with Crippen molar-refractivity contribution >= 4 is 11.6 Å². The number of benzene rings is 1. The third-order valence-corrected chi connectivity index (χ3v) is 2.03. The third-order valence-electron chi connectivity index (χ3n) is 2.03. The Morgan fingerprint density at radius 1 is 1.36 bits per heavy atom. The Morgan fingerprint density at radius 2 is 2.07 bits per heavy atom. The lowest BCUT2D eigenvalue weighted by Gasteiger charge is -2.03. The van der Waals surface area contributed by atoms with Gasteiger partial charge in [0.2, 0.25) is 5.91 Å². The zero-order valence-corrected chi connectivity index (χ0v) is 7.49. The molecule has 4 nitrogen and oxygen atoms in total. The molecule has 0 aliphatic carbocycles. The highest BCUT2D eigenvalue weighted by Gasteiger charge is 2.07. The molecule has 0 aromatic heterocycles. The molecule has 0 saturated heterocycles. The van der Waals surface area contributed by atoms with Gasteiger partial charge in [-0.1, -0.05) is 12.1 Å². The fourth-order valence-corrected chi connectivity index (χ4v) is 1.28. The number of hydrogen-bond acceptors (Lipinski definition) is 3. The van der Waals surface area contributed by atoms with Gasteiger partial charge in [-0.05, 0) is 23.8 Å².